The average molecular weight is 458 g/mol. The first-order chi connectivity index (χ1) is 15.3. The molecule has 1 aliphatic carbocycles. The van der Waals surface area contributed by atoms with E-state index in [0.29, 0.717) is 11.2 Å². The molecule has 2 atom stereocenters. The molecule has 11 heteroatoms. The molecule has 5 rings (SSSR count). The molecule has 32 heavy (non-hydrogen) atoms. The first-order valence-electron chi connectivity index (χ1n) is 10.1. The molecule has 0 bridgehead atoms. The molecule has 0 saturated heterocycles. The number of rotatable bonds is 4. The van der Waals surface area contributed by atoms with Gasteiger partial charge in [0.2, 0.25) is 0 Å². The molecule has 1 aliphatic rings. The maximum atomic E-state index is 14.2. The second-order valence-corrected chi connectivity index (χ2v) is 8.85. The van der Waals surface area contributed by atoms with E-state index in [2.05, 4.69) is 20.5 Å². The summed E-state index contributed by atoms with van der Waals surface area (Å²) in [7, 11) is 1.84. The maximum Gasteiger partial charge on any atom is 0.270 e. The number of halogens is 2. The van der Waals surface area contributed by atoms with Crippen LogP contribution >= 0.6 is 11.3 Å². The highest BCUT2D eigenvalue weighted by atomic mass is 32.1. The van der Waals surface area contributed by atoms with Gasteiger partial charge in [0.15, 0.2) is 5.65 Å². The summed E-state index contributed by atoms with van der Waals surface area (Å²) >= 11 is 1.14. The Labute approximate surface area is 185 Å². The number of nitrogens with zero attached hydrogens (tertiary/aromatic N) is 5. The number of hydrogen-bond acceptors (Lipinski definition) is 6. The fourth-order valence-corrected chi connectivity index (χ4v) is 4.77. The number of aryl methyl sites for hydroxylation is 1. The van der Waals surface area contributed by atoms with Gasteiger partial charge in [0, 0.05) is 48.7 Å². The van der Waals surface area contributed by atoms with Crippen LogP contribution in [0.4, 0.5) is 8.78 Å². The predicted octanol–water partition coefficient (Wildman–Crippen LogP) is 3.14. The smallest absolute Gasteiger partial charge is 0.270 e. The molecule has 8 nitrogen and oxygen atoms in total. The van der Waals surface area contributed by atoms with E-state index in [9.17, 15) is 18.7 Å². The molecule has 1 saturated carbocycles. The Hall–Kier alpha value is -3.18. The van der Waals surface area contributed by atoms with Gasteiger partial charge in [0.05, 0.1) is 23.4 Å². The summed E-state index contributed by atoms with van der Waals surface area (Å²) in [6.45, 7) is 0. The Morgan fingerprint density at radius 3 is 2.78 bits per heavy atom. The van der Waals surface area contributed by atoms with E-state index >= 15 is 0 Å². The lowest BCUT2D eigenvalue weighted by molar-refractivity contribution is -0.105. The highest BCUT2D eigenvalue weighted by molar-refractivity contribution is 7.12. The van der Waals surface area contributed by atoms with Crippen LogP contribution in [0.3, 0.4) is 0 Å². The Morgan fingerprint density at radius 2 is 2.03 bits per heavy atom. The quantitative estimate of drug-likeness (QED) is 0.490. The number of hydrogen-bond donors (Lipinski definition) is 2. The number of carbonyl (C=O) groups is 1. The van der Waals surface area contributed by atoms with Gasteiger partial charge in [-0.3, -0.25) is 9.48 Å². The van der Waals surface area contributed by atoms with E-state index < -0.39 is 24.0 Å². The number of amides is 1. The molecule has 4 heterocycles. The van der Waals surface area contributed by atoms with Crippen molar-refractivity contribution in [1.29, 1.82) is 0 Å². The Morgan fingerprint density at radius 1 is 1.22 bits per heavy atom. The standard InChI is InChI=1S/C21H20F2N6O2S/c1-28-9-14(7-25-28)13-6-24-19-15(8-26-29(19)10-13)12-5-17(32-11-12)20(31)27-18-16(30)3-2-4-21(18,22)23/h5-11,16,18,30H,2-4H2,1H3,(H,27,31)/t16?,18-/m1/s1. The third-order valence-electron chi connectivity index (χ3n) is 5.67. The van der Waals surface area contributed by atoms with Gasteiger partial charge < -0.3 is 10.4 Å². The molecule has 4 aromatic heterocycles. The molecule has 0 aromatic carbocycles. The fraction of sp³-hybridized carbons (Fsp3) is 0.333. The van der Waals surface area contributed by atoms with Crippen molar-refractivity contribution in [2.24, 2.45) is 7.05 Å². The lowest BCUT2D eigenvalue weighted by atomic mass is 9.89. The lowest BCUT2D eigenvalue weighted by Crippen LogP contribution is -2.56. The van der Waals surface area contributed by atoms with Crippen LogP contribution in [-0.2, 0) is 7.05 Å². The van der Waals surface area contributed by atoms with E-state index in [1.807, 2.05) is 19.4 Å². The Balaban J connectivity index is 1.39. The summed E-state index contributed by atoms with van der Waals surface area (Å²) in [6.07, 6.45) is 7.70. The summed E-state index contributed by atoms with van der Waals surface area (Å²) in [6, 6.07) is 0.0417. The second-order valence-electron chi connectivity index (χ2n) is 7.94. The van der Waals surface area contributed by atoms with Gasteiger partial charge in [-0.15, -0.1) is 11.3 Å². The first-order valence-corrected chi connectivity index (χ1v) is 11.0. The number of fused-ring (bicyclic) bond motifs is 1. The molecular weight excluding hydrogens is 438 g/mol. The van der Waals surface area contributed by atoms with Crippen molar-refractivity contribution in [3.63, 3.8) is 0 Å². The van der Waals surface area contributed by atoms with Crippen LogP contribution in [0.5, 0.6) is 0 Å². The van der Waals surface area contributed by atoms with Crippen molar-refractivity contribution < 1.29 is 18.7 Å². The van der Waals surface area contributed by atoms with Crippen molar-refractivity contribution in [3.05, 3.63) is 47.3 Å². The summed E-state index contributed by atoms with van der Waals surface area (Å²) in [5, 5.41) is 22.6. The SMILES string of the molecule is Cn1cc(-c2cnc3c(-c4csc(C(=O)N[C@@H]5C(O)CCCC5(F)F)c4)cnn3c2)cn1. The normalized spacial score (nSPS) is 20.5. The third-order valence-corrected chi connectivity index (χ3v) is 6.59. The van der Waals surface area contributed by atoms with E-state index in [4.69, 9.17) is 0 Å². The van der Waals surface area contributed by atoms with Gasteiger partial charge in [-0.05, 0) is 29.9 Å². The van der Waals surface area contributed by atoms with Gasteiger partial charge in [-0.1, -0.05) is 0 Å². The molecule has 2 N–H and O–H groups in total. The summed E-state index contributed by atoms with van der Waals surface area (Å²) in [5.74, 6) is -3.76. The zero-order chi connectivity index (χ0) is 22.5. The number of aromatic nitrogens is 5. The Kier molecular flexibility index (Phi) is 5.01. The van der Waals surface area contributed by atoms with Gasteiger partial charge in [-0.25, -0.2) is 18.3 Å². The van der Waals surface area contributed by atoms with E-state index in [0.717, 1.165) is 28.0 Å². The lowest BCUT2D eigenvalue weighted by Gasteiger charge is -2.35. The largest absolute Gasteiger partial charge is 0.391 e. The van der Waals surface area contributed by atoms with Crippen LogP contribution in [0.25, 0.3) is 27.9 Å². The summed E-state index contributed by atoms with van der Waals surface area (Å²) in [4.78, 5) is 17.4. The van der Waals surface area contributed by atoms with Crippen molar-refractivity contribution in [2.75, 3.05) is 0 Å². The van der Waals surface area contributed by atoms with Crippen LogP contribution in [0.15, 0.2) is 42.4 Å². The second kappa shape index (κ2) is 7.75. The maximum absolute atomic E-state index is 14.2. The predicted molar refractivity (Wildman–Crippen MR) is 115 cm³/mol. The molecule has 0 spiro atoms. The monoisotopic (exact) mass is 458 g/mol. The minimum atomic E-state index is -3.13. The van der Waals surface area contributed by atoms with Crippen LogP contribution in [0.1, 0.15) is 28.9 Å². The zero-order valence-electron chi connectivity index (χ0n) is 17.1. The third kappa shape index (κ3) is 3.67. The first kappa shape index (κ1) is 20.7. The van der Waals surface area contributed by atoms with Crippen LogP contribution < -0.4 is 5.32 Å². The summed E-state index contributed by atoms with van der Waals surface area (Å²) < 4.78 is 31.7. The van der Waals surface area contributed by atoms with Gasteiger partial charge >= 0.3 is 0 Å². The van der Waals surface area contributed by atoms with Gasteiger partial charge in [0.1, 0.15) is 6.04 Å². The number of aliphatic hydroxyl groups is 1. The van der Waals surface area contributed by atoms with Crippen LogP contribution in [0, 0.1) is 0 Å². The van der Waals surface area contributed by atoms with Crippen LogP contribution in [0.2, 0.25) is 0 Å². The van der Waals surface area contributed by atoms with E-state index in [1.54, 1.807) is 39.2 Å². The van der Waals surface area contributed by atoms with Crippen LogP contribution in [-0.4, -0.2) is 53.5 Å². The molecule has 1 unspecified atom stereocenters. The molecule has 4 aromatic rings. The van der Waals surface area contributed by atoms with Crippen molar-refractivity contribution in [2.45, 2.75) is 37.3 Å². The number of aliphatic hydroxyl groups excluding tert-OH is 1. The molecule has 0 aliphatic heterocycles. The van der Waals surface area contributed by atoms with Crippen molar-refractivity contribution >= 4 is 22.9 Å². The number of nitrogens with one attached hydrogen (secondary N) is 1. The summed E-state index contributed by atoms with van der Waals surface area (Å²) in [5.41, 5.74) is 3.82. The average Bonchev–Trinajstić information content (AvgIpc) is 3.49. The highest BCUT2D eigenvalue weighted by Crippen LogP contribution is 2.35. The molecule has 1 fully saturated rings. The minimum Gasteiger partial charge on any atom is -0.391 e. The van der Waals surface area contributed by atoms with Crippen molar-refractivity contribution in [3.8, 4) is 22.3 Å². The van der Waals surface area contributed by atoms with E-state index in [-0.39, 0.29) is 24.1 Å². The fourth-order valence-electron chi connectivity index (χ4n) is 3.96. The number of alkyl halides is 2. The van der Waals surface area contributed by atoms with E-state index in [1.165, 1.54) is 0 Å². The highest BCUT2D eigenvalue weighted by Gasteiger charge is 2.47. The Bertz CT molecular complexity index is 1300. The van der Waals surface area contributed by atoms with Gasteiger partial charge in [0.25, 0.3) is 11.8 Å². The van der Waals surface area contributed by atoms with Crippen molar-refractivity contribution in [1.82, 2.24) is 29.7 Å². The minimum absolute atomic E-state index is 0.230. The topological polar surface area (TPSA) is 97.3 Å². The molecular formula is C21H20F2N6O2S. The number of carbonyl (C=O) groups excluding carboxylic acids is 1. The number of thiophene rings is 1. The molecule has 0 radical (unpaired) electrons. The zero-order valence-corrected chi connectivity index (χ0v) is 17.9. The molecule has 166 valence electrons. The van der Waals surface area contributed by atoms with Gasteiger partial charge in [-0.2, -0.15) is 10.2 Å². The molecule has 1 amide bonds.